The molecule has 0 N–H and O–H groups in total. The maximum absolute atomic E-state index is 2.12. The second kappa shape index (κ2) is 86.0. The maximum Gasteiger partial charge on any atom is 0 e. The summed E-state index contributed by atoms with van der Waals surface area (Å²) in [7, 11) is 0. The molecule has 0 fully saturated rings. The van der Waals surface area contributed by atoms with E-state index in [-0.39, 0.29) is 390 Å². The van der Waals surface area contributed by atoms with Crippen molar-refractivity contribution in [2.24, 2.45) is 0 Å². The maximum atomic E-state index is 2.12. The van der Waals surface area contributed by atoms with Crippen LogP contribution in [0.25, 0.3) is 0 Å². The van der Waals surface area contributed by atoms with E-state index < -0.39 is 0 Å². The fourth-order valence-electron chi connectivity index (χ4n) is 2.10. The minimum Gasteiger partial charge on any atom is -0.358 e. The van der Waals surface area contributed by atoms with E-state index in [9.17, 15) is 0 Å². The molecule has 4 aromatic carbocycles. The van der Waals surface area contributed by atoms with Crippen LogP contribution in [0.1, 0.15) is 42.5 Å². The van der Waals surface area contributed by atoms with Crippen LogP contribution < -0.4 is 0 Å². The third kappa shape index (κ3) is 77.5. The van der Waals surface area contributed by atoms with E-state index in [0.29, 0.717) is 0 Å². The average molecular weight is 1450 g/mol. The van der Waals surface area contributed by atoms with Crippen molar-refractivity contribution in [3.05, 3.63) is 173 Å². The van der Waals surface area contributed by atoms with Crippen LogP contribution in [-0.4, -0.2) is 0 Å². The summed E-state index contributed by atoms with van der Waals surface area (Å²) in [5.41, 5.74) is 5.47. The Labute approximate surface area is 566 Å². The predicted octanol–water partition coefficient (Wildman–Crippen LogP) is 11.2. The van der Waals surface area contributed by atoms with Gasteiger partial charge in [-0.3, -0.25) is 0 Å². The summed E-state index contributed by atoms with van der Waals surface area (Å²) >= 11 is 0. The van der Waals surface area contributed by atoms with Crippen molar-refractivity contribution in [1.82, 2.24) is 0 Å². The third-order valence-electron chi connectivity index (χ3n) is 4.18. The van der Waals surface area contributed by atoms with Gasteiger partial charge in [0.25, 0.3) is 0 Å². The first-order valence-electron chi connectivity index (χ1n) is 11.1. The van der Waals surface area contributed by atoms with Gasteiger partial charge in [0.1, 0.15) is 0 Å². The summed E-state index contributed by atoms with van der Waals surface area (Å²) in [5, 5.41) is 0. The van der Waals surface area contributed by atoms with Crippen LogP contribution in [0.15, 0.2) is 121 Å². The van der Waals surface area contributed by atoms with Crippen molar-refractivity contribution in [1.29, 1.82) is 0 Å². The molecule has 0 nitrogen and oxygen atoms in total. The van der Waals surface area contributed by atoms with Crippen molar-refractivity contribution >= 4 is 0 Å². The van der Waals surface area contributed by atoms with Crippen LogP contribution in [0.5, 0.6) is 0 Å². The molecule has 229 valence electrons. The van der Waals surface area contributed by atoms with E-state index in [4.69, 9.17) is 0 Å². The van der Waals surface area contributed by atoms with Crippen molar-refractivity contribution in [2.45, 2.75) is 48.0 Å². The molecule has 0 unspecified atom stereocenters. The number of rotatable bonds is 0. The van der Waals surface area contributed by atoms with Crippen LogP contribution in [-0.2, 0) is 360 Å². The molecule has 11 radical (unpaired) electrons. The molecule has 0 spiro atoms. The Kier molecular flexibility index (Phi) is 197. The molecule has 11 heteroatoms. The van der Waals surface area contributed by atoms with Gasteiger partial charge in [-0.25, -0.2) is 0 Å². The van der Waals surface area contributed by atoms with Crippen LogP contribution in [0.4, 0.5) is 0 Å². The van der Waals surface area contributed by atoms with Gasteiger partial charge in [-0.2, -0.15) is 0 Å². The van der Waals surface area contributed by atoms with Gasteiger partial charge in [-0.1, -0.05) is 142 Å². The Morgan fingerprint density at radius 1 is 0.261 bits per heavy atom. The summed E-state index contributed by atoms with van der Waals surface area (Å²) < 4.78 is 0. The van der Waals surface area contributed by atoms with Gasteiger partial charge in [-0.05, 0) is 49.9 Å². The summed E-state index contributed by atoms with van der Waals surface area (Å²) in [6.45, 7) is 12.7. The second-order valence-electron chi connectivity index (χ2n) is 7.19. The van der Waals surface area contributed by atoms with Gasteiger partial charge in [0.15, 0.2) is 0 Å². The van der Waals surface area contributed by atoms with Crippen molar-refractivity contribution in [3.63, 3.8) is 0 Å². The Morgan fingerprint density at radius 2 is 0.348 bits per heavy atom. The number of benzene rings is 4. The summed E-state index contributed by atoms with van der Waals surface area (Å²) in [4.78, 5) is 0. The van der Waals surface area contributed by atoms with Gasteiger partial charge in [0.05, 0.1) is 0 Å². The molecule has 0 atom stereocenters. The Bertz CT molecular complexity index is 730. The number of hydrogen-bond donors (Lipinski definition) is 0. The van der Waals surface area contributed by atoms with Crippen LogP contribution in [0, 0.1) is 57.4 Å². The number of hydrogen-bond acceptors (Lipinski definition) is 0. The third-order valence-corrected chi connectivity index (χ3v) is 4.18. The second-order valence-corrected chi connectivity index (χ2v) is 7.19. The van der Waals surface area contributed by atoms with E-state index in [2.05, 4.69) is 90.1 Å². The molecular weight excluding hydrogens is 1400 g/mol. The van der Waals surface area contributed by atoms with Crippen LogP contribution >= 0.6 is 0 Å². The molecule has 4 rings (SSSR count). The molecule has 0 aliphatic carbocycles. The molecule has 0 heterocycles. The molecule has 0 bridgehead atoms. The zero-order valence-electron chi connectivity index (χ0n) is 30.6. The SMILES string of the molecule is CCC.Cc1ccccc1C.Cc1ccccc1C.[CH3-].[CH3-].[CH3-].[CH3-].[Y].[Y].[Y].[Y].[Y].[Y].[Y].[Y].[Y].[Y].[Y].c1ccccc1.c1ccccc1. The summed E-state index contributed by atoms with van der Waals surface area (Å²) in [6, 6.07) is 40.7. The fraction of sp³-hybridized carbons (Fsp3) is 0.200. The quantitative estimate of drug-likeness (QED) is 0.154. The molecule has 0 aromatic heterocycles. The molecule has 0 saturated heterocycles. The predicted molar refractivity (Wildman–Crippen MR) is 166 cm³/mol. The van der Waals surface area contributed by atoms with E-state index in [1.54, 1.807) is 0 Å². The average Bonchev–Trinajstić information content (AvgIpc) is 2.82. The Hall–Kier alpha value is 9.02. The van der Waals surface area contributed by atoms with Crippen LogP contribution in [0.3, 0.4) is 0 Å². The van der Waals surface area contributed by atoms with Gasteiger partial charge >= 0.3 is 0 Å². The molecule has 4 aromatic rings. The van der Waals surface area contributed by atoms with Gasteiger partial charge in [0, 0.05) is 360 Å². The normalized spacial score (nSPS) is 5.70. The minimum absolute atomic E-state index is 0. The van der Waals surface area contributed by atoms with Crippen molar-refractivity contribution < 1.29 is 360 Å². The van der Waals surface area contributed by atoms with E-state index in [0.717, 1.165) is 0 Å². The topological polar surface area (TPSA) is 0 Å². The van der Waals surface area contributed by atoms with Gasteiger partial charge < -0.3 is 29.7 Å². The largest absolute Gasteiger partial charge is 0.358 e. The molecule has 0 aliphatic rings. The monoisotopic (exact) mass is 1450 g/mol. The van der Waals surface area contributed by atoms with E-state index in [1.165, 1.54) is 28.7 Å². The Morgan fingerprint density at radius 3 is 0.413 bits per heavy atom. The van der Waals surface area contributed by atoms with Crippen LogP contribution in [0.2, 0.25) is 0 Å². The molecule has 0 amide bonds. The Balaban J connectivity index is -0.0000000164. The van der Waals surface area contributed by atoms with E-state index in [1.807, 2.05) is 72.8 Å². The van der Waals surface area contributed by atoms with Gasteiger partial charge in [-0.15, -0.1) is 0 Å². The molecule has 46 heavy (non-hydrogen) atoms. The summed E-state index contributed by atoms with van der Waals surface area (Å²) in [6.07, 6.45) is 1.25. The minimum atomic E-state index is 0. The van der Waals surface area contributed by atoms with Gasteiger partial charge in [0.2, 0.25) is 0 Å². The summed E-state index contributed by atoms with van der Waals surface area (Å²) in [5.74, 6) is 0. The molecule has 0 aliphatic heterocycles. The fourth-order valence-corrected chi connectivity index (χ4v) is 2.10. The smallest absolute Gasteiger partial charge is 0 e. The number of aryl methyl sites for hydroxylation is 4. The molecule has 0 saturated carbocycles. The first kappa shape index (κ1) is 105. The zero-order chi connectivity index (χ0) is 23.2. The molecular formula is C35H52Y11-4. The zero-order valence-corrected chi connectivity index (χ0v) is 61.8. The van der Waals surface area contributed by atoms with Crippen molar-refractivity contribution in [2.75, 3.05) is 0 Å². The first-order valence-corrected chi connectivity index (χ1v) is 11.1. The van der Waals surface area contributed by atoms with E-state index >= 15 is 0 Å². The van der Waals surface area contributed by atoms with Crippen molar-refractivity contribution in [3.8, 4) is 0 Å². The standard InChI is InChI=1S/2C8H10.2C6H6.C3H8.4CH3.11Y/c2*1-7-5-3-4-6-8(7)2;2*1-2-4-6-5-3-1;1-3-2;;;;;;;;;;;;;;;/h2*3-6H,1-2H3;2*1-6H;3H2,1-2H3;4*1H3;;;;;;;;;;;/q;;;;;4*-1;;;;;;;;;;;. The first-order chi connectivity index (χ1) is 15.0.